The molecule has 6 heteroatoms. The molecule has 0 atom stereocenters. The number of fused-ring (bicyclic) bond motifs is 1. The van der Waals surface area contributed by atoms with Gasteiger partial charge in [0.2, 0.25) is 5.91 Å². The topological polar surface area (TPSA) is 81.4 Å². The van der Waals surface area contributed by atoms with Crippen molar-refractivity contribution < 1.29 is 14.3 Å². The summed E-state index contributed by atoms with van der Waals surface area (Å²) in [6, 6.07) is 0. The van der Waals surface area contributed by atoms with E-state index in [1.165, 1.54) is 24.2 Å². The number of hydrogen-bond donors (Lipinski definition) is 2. The molecule has 3 N–H and O–H groups in total. The van der Waals surface area contributed by atoms with Crippen LogP contribution in [0.15, 0.2) is 0 Å². The number of nitrogens with one attached hydrogen (secondary N) is 1. The Morgan fingerprint density at radius 1 is 1.33 bits per heavy atom. The van der Waals surface area contributed by atoms with E-state index in [1.54, 1.807) is 0 Å². The van der Waals surface area contributed by atoms with Crippen LogP contribution in [0, 0.1) is 5.92 Å². The van der Waals surface area contributed by atoms with Crippen LogP contribution in [0.4, 0.5) is 5.00 Å². The summed E-state index contributed by atoms with van der Waals surface area (Å²) in [5.41, 5.74) is 6.94. The first-order chi connectivity index (χ1) is 10.1. The number of hydrogen-bond acceptors (Lipinski definition) is 4. The molecular formula is C15H20N2O3S. The van der Waals surface area contributed by atoms with Crippen LogP contribution in [-0.4, -0.2) is 18.4 Å². The van der Waals surface area contributed by atoms with Gasteiger partial charge in [-0.1, -0.05) is 12.8 Å². The third-order valence-electron chi connectivity index (χ3n) is 4.27. The number of ether oxygens (including phenoxy) is 1. The van der Waals surface area contributed by atoms with Crippen molar-refractivity contribution >= 4 is 28.2 Å². The van der Waals surface area contributed by atoms with Gasteiger partial charge in [0, 0.05) is 11.3 Å². The lowest BCUT2D eigenvalue weighted by Crippen LogP contribution is -2.20. The molecule has 0 spiro atoms. The van der Waals surface area contributed by atoms with Crippen LogP contribution in [0.25, 0.3) is 0 Å². The maximum Gasteiger partial charge on any atom is 0.251 e. The van der Waals surface area contributed by atoms with Crippen LogP contribution in [0.2, 0.25) is 0 Å². The first-order valence-corrected chi connectivity index (χ1v) is 8.28. The summed E-state index contributed by atoms with van der Waals surface area (Å²) in [6.45, 7) is 1.10. The van der Waals surface area contributed by atoms with Crippen molar-refractivity contribution in [1.82, 2.24) is 0 Å². The average molecular weight is 308 g/mol. The van der Waals surface area contributed by atoms with E-state index < -0.39 is 5.91 Å². The Morgan fingerprint density at radius 3 is 2.81 bits per heavy atom. The smallest absolute Gasteiger partial charge is 0.251 e. The molecule has 1 aliphatic carbocycles. The lowest BCUT2D eigenvalue weighted by atomic mass is 10.0. The quantitative estimate of drug-likeness (QED) is 0.896. The van der Waals surface area contributed by atoms with Crippen molar-refractivity contribution in [3.8, 4) is 0 Å². The fourth-order valence-electron chi connectivity index (χ4n) is 3.24. The van der Waals surface area contributed by atoms with Gasteiger partial charge in [0.05, 0.1) is 18.8 Å². The number of anilines is 1. The van der Waals surface area contributed by atoms with Crippen LogP contribution >= 0.6 is 11.3 Å². The molecule has 2 heterocycles. The minimum absolute atomic E-state index is 0.0103. The molecule has 0 radical (unpaired) electrons. The van der Waals surface area contributed by atoms with Crippen molar-refractivity contribution in [2.75, 3.05) is 11.9 Å². The maximum atomic E-state index is 12.2. The highest BCUT2D eigenvalue weighted by molar-refractivity contribution is 7.17. The van der Waals surface area contributed by atoms with Crippen molar-refractivity contribution in [2.45, 2.75) is 45.1 Å². The summed E-state index contributed by atoms with van der Waals surface area (Å²) in [5.74, 6) is 0.00873. The summed E-state index contributed by atoms with van der Waals surface area (Å²) < 4.78 is 5.40. The lowest BCUT2D eigenvalue weighted by molar-refractivity contribution is -0.117. The molecule has 114 valence electrons. The van der Waals surface area contributed by atoms with E-state index >= 15 is 0 Å². The standard InChI is InChI=1S/C15H20N2O3S/c16-14(19)13-10-5-6-20-8-11(10)21-15(13)17-12(18)7-9-3-1-2-4-9/h9H,1-8H2,(H2,16,19)(H,17,18). The van der Waals surface area contributed by atoms with Gasteiger partial charge in [-0.2, -0.15) is 0 Å². The molecule has 1 saturated carbocycles. The van der Waals surface area contributed by atoms with Gasteiger partial charge in [-0.3, -0.25) is 9.59 Å². The number of nitrogens with two attached hydrogens (primary N) is 1. The Bertz CT molecular complexity index is 562. The van der Waals surface area contributed by atoms with Gasteiger partial charge < -0.3 is 15.8 Å². The number of primary amides is 1. The monoisotopic (exact) mass is 308 g/mol. The predicted octanol–water partition coefficient (Wildman–Crippen LogP) is 2.44. The molecule has 0 unspecified atom stereocenters. The van der Waals surface area contributed by atoms with Crippen molar-refractivity contribution in [1.29, 1.82) is 0 Å². The summed E-state index contributed by atoms with van der Waals surface area (Å²) in [5, 5.41) is 3.50. The van der Waals surface area contributed by atoms with Crippen molar-refractivity contribution in [2.24, 2.45) is 11.7 Å². The minimum atomic E-state index is -0.467. The number of rotatable bonds is 4. The molecule has 1 aromatic rings. The number of carbonyl (C=O) groups is 2. The average Bonchev–Trinajstić information content (AvgIpc) is 3.04. The van der Waals surface area contributed by atoms with Crippen LogP contribution in [0.3, 0.4) is 0 Å². The zero-order chi connectivity index (χ0) is 14.8. The van der Waals surface area contributed by atoms with E-state index in [-0.39, 0.29) is 5.91 Å². The van der Waals surface area contributed by atoms with Gasteiger partial charge in [0.15, 0.2) is 0 Å². The normalized spacial score (nSPS) is 18.5. The molecule has 1 fully saturated rings. The minimum Gasteiger partial charge on any atom is -0.376 e. The molecule has 2 aliphatic rings. The molecule has 0 bridgehead atoms. The SMILES string of the molecule is NC(=O)c1c(NC(=O)CC2CCCC2)sc2c1CCOC2. The Morgan fingerprint density at radius 2 is 2.10 bits per heavy atom. The third kappa shape index (κ3) is 3.11. The van der Waals surface area contributed by atoms with E-state index in [0.717, 1.165) is 23.3 Å². The highest BCUT2D eigenvalue weighted by Gasteiger charge is 2.26. The molecule has 5 nitrogen and oxygen atoms in total. The van der Waals surface area contributed by atoms with Crippen LogP contribution in [0.1, 0.15) is 52.9 Å². The first-order valence-electron chi connectivity index (χ1n) is 7.47. The van der Waals surface area contributed by atoms with Gasteiger partial charge in [-0.15, -0.1) is 11.3 Å². The third-order valence-corrected chi connectivity index (χ3v) is 5.39. The fraction of sp³-hybridized carbons (Fsp3) is 0.600. The zero-order valence-corrected chi connectivity index (χ0v) is 12.8. The molecule has 2 amide bonds. The van der Waals surface area contributed by atoms with E-state index in [0.29, 0.717) is 42.5 Å². The van der Waals surface area contributed by atoms with Crippen LogP contribution in [-0.2, 0) is 22.6 Å². The second kappa shape index (κ2) is 6.15. The highest BCUT2D eigenvalue weighted by Crippen LogP contribution is 2.36. The van der Waals surface area contributed by atoms with E-state index in [9.17, 15) is 9.59 Å². The molecular weight excluding hydrogens is 288 g/mol. The fourth-order valence-corrected chi connectivity index (χ4v) is 4.44. The predicted molar refractivity (Wildman–Crippen MR) is 81.4 cm³/mol. The zero-order valence-electron chi connectivity index (χ0n) is 11.9. The van der Waals surface area contributed by atoms with Crippen LogP contribution < -0.4 is 11.1 Å². The molecule has 1 aliphatic heterocycles. The molecule has 3 rings (SSSR count). The van der Waals surface area contributed by atoms with E-state index in [1.807, 2.05) is 0 Å². The number of thiophene rings is 1. The molecule has 0 saturated heterocycles. The molecule has 21 heavy (non-hydrogen) atoms. The van der Waals surface area contributed by atoms with Gasteiger partial charge in [-0.25, -0.2) is 0 Å². The van der Waals surface area contributed by atoms with Crippen molar-refractivity contribution in [3.05, 3.63) is 16.0 Å². The first kappa shape index (κ1) is 14.5. The van der Waals surface area contributed by atoms with Gasteiger partial charge in [-0.05, 0) is 30.7 Å². The molecule has 1 aromatic heterocycles. The highest BCUT2D eigenvalue weighted by atomic mass is 32.1. The Hall–Kier alpha value is -1.40. The van der Waals surface area contributed by atoms with Gasteiger partial charge in [0.1, 0.15) is 5.00 Å². The van der Waals surface area contributed by atoms with Crippen molar-refractivity contribution in [3.63, 3.8) is 0 Å². The van der Waals surface area contributed by atoms with E-state index in [4.69, 9.17) is 10.5 Å². The second-order valence-corrected chi connectivity index (χ2v) is 6.88. The van der Waals surface area contributed by atoms with Gasteiger partial charge in [0.25, 0.3) is 5.91 Å². The summed E-state index contributed by atoms with van der Waals surface area (Å²) in [7, 11) is 0. The van der Waals surface area contributed by atoms with Crippen LogP contribution in [0.5, 0.6) is 0 Å². The molecule has 0 aromatic carbocycles. The number of carbonyl (C=O) groups excluding carboxylic acids is 2. The Kier molecular flexibility index (Phi) is 4.26. The number of amides is 2. The summed E-state index contributed by atoms with van der Waals surface area (Å²) in [6.07, 6.45) is 5.92. The lowest BCUT2D eigenvalue weighted by Gasteiger charge is -2.12. The Labute approximate surface area is 127 Å². The Balaban J connectivity index is 1.76. The summed E-state index contributed by atoms with van der Waals surface area (Å²) >= 11 is 1.42. The second-order valence-electron chi connectivity index (χ2n) is 5.78. The maximum absolute atomic E-state index is 12.2. The van der Waals surface area contributed by atoms with E-state index in [2.05, 4.69) is 5.32 Å². The van der Waals surface area contributed by atoms with Gasteiger partial charge >= 0.3 is 0 Å². The largest absolute Gasteiger partial charge is 0.376 e. The summed E-state index contributed by atoms with van der Waals surface area (Å²) in [4.78, 5) is 24.9.